The minimum Gasteiger partial charge on any atom is -0.385 e. The quantitative estimate of drug-likeness (QED) is 0.675. The minimum absolute atomic E-state index is 0.0398. The van der Waals surface area contributed by atoms with Crippen molar-refractivity contribution >= 4 is 11.8 Å². The van der Waals surface area contributed by atoms with Gasteiger partial charge in [0.1, 0.15) is 6.04 Å². The van der Waals surface area contributed by atoms with E-state index in [2.05, 4.69) is 17.6 Å². The lowest BCUT2D eigenvalue weighted by molar-refractivity contribution is -0.133. The van der Waals surface area contributed by atoms with E-state index in [9.17, 15) is 9.59 Å². The van der Waals surface area contributed by atoms with E-state index < -0.39 is 6.04 Å². The van der Waals surface area contributed by atoms with Gasteiger partial charge >= 0.3 is 0 Å². The number of hydrogen-bond acceptors (Lipinski definition) is 3. The molecule has 0 spiro atoms. The SMILES string of the molecule is COCCCNC(=O)[C@H](NC(=O)[C@H]1CCCC[C@@H]1C)C(C)C. The van der Waals surface area contributed by atoms with Crippen LogP contribution in [0.4, 0.5) is 0 Å². The maximum absolute atomic E-state index is 12.5. The summed E-state index contributed by atoms with van der Waals surface area (Å²) in [6.07, 6.45) is 5.14. The van der Waals surface area contributed by atoms with E-state index in [0.29, 0.717) is 19.1 Å². The van der Waals surface area contributed by atoms with Gasteiger partial charge < -0.3 is 15.4 Å². The lowest BCUT2D eigenvalue weighted by atomic mass is 9.79. The fraction of sp³-hybridized carbons (Fsp3) is 0.882. The second-order valence-electron chi connectivity index (χ2n) is 6.74. The first-order valence-electron chi connectivity index (χ1n) is 8.54. The van der Waals surface area contributed by atoms with Crippen molar-refractivity contribution in [1.29, 1.82) is 0 Å². The first-order valence-corrected chi connectivity index (χ1v) is 8.54. The van der Waals surface area contributed by atoms with Gasteiger partial charge in [-0.1, -0.05) is 33.6 Å². The molecule has 0 aromatic heterocycles. The van der Waals surface area contributed by atoms with E-state index in [-0.39, 0.29) is 23.7 Å². The molecule has 5 nitrogen and oxygen atoms in total. The Bertz CT molecular complexity index is 358. The Morgan fingerprint density at radius 2 is 1.91 bits per heavy atom. The average molecular weight is 312 g/mol. The fourth-order valence-corrected chi connectivity index (χ4v) is 3.04. The third kappa shape index (κ3) is 5.95. The Kier molecular flexibility index (Phi) is 8.46. The van der Waals surface area contributed by atoms with Crippen LogP contribution in [0.25, 0.3) is 0 Å². The van der Waals surface area contributed by atoms with E-state index in [1.54, 1.807) is 7.11 Å². The van der Waals surface area contributed by atoms with Gasteiger partial charge in [-0.2, -0.15) is 0 Å². The third-order valence-electron chi connectivity index (χ3n) is 4.52. The van der Waals surface area contributed by atoms with Gasteiger partial charge in [0.2, 0.25) is 11.8 Å². The molecule has 128 valence electrons. The Hall–Kier alpha value is -1.10. The van der Waals surface area contributed by atoms with Crippen molar-refractivity contribution in [2.24, 2.45) is 17.8 Å². The van der Waals surface area contributed by atoms with Gasteiger partial charge in [-0.3, -0.25) is 9.59 Å². The Balaban J connectivity index is 2.51. The standard InChI is InChI=1S/C17H32N2O3/c1-12(2)15(17(21)18-10-7-11-22-4)19-16(20)14-9-6-5-8-13(14)3/h12-15H,5-11H2,1-4H3,(H,18,21)(H,19,20)/t13-,14-,15+/m0/s1. The van der Waals surface area contributed by atoms with Crippen LogP contribution in [0.2, 0.25) is 0 Å². The largest absolute Gasteiger partial charge is 0.385 e. The highest BCUT2D eigenvalue weighted by Crippen LogP contribution is 2.29. The van der Waals surface area contributed by atoms with Gasteiger partial charge in [0, 0.05) is 26.2 Å². The number of carbonyl (C=O) groups is 2. The highest BCUT2D eigenvalue weighted by Gasteiger charge is 2.31. The zero-order valence-corrected chi connectivity index (χ0v) is 14.5. The molecule has 1 aliphatic carbocycles. The molecule has 0 radical (unpaired) electrons. The van der Waals surface area contributed by atoms with E-state index >= 15 is 0 Å². The Morgan fingerprint density at radius 3 is 2.50 bits per heavy atom. The predicted molar refractivity (Wildman–Crippen MR) is 87.4 cm³/mol. The second kappa shape index (κ2) is 9.82. The summed E-state index contributed by atoms with van der Waals surface area (Å²) in [6.45, 7) is 7.26. The molecule has 2 N–H and O–H groups in total. The van der Waals surface area contributed by atoms with E-state index in [1.165, 1.54) is 6.42 Å². The molecule has 5 heteroatoms. The number of hydrogen-bond donors (Lipinski definition) is 2. The number of rotatable bonds is 8. The number of amides is 2. The second-order valence-corrected chi connectivity index (χ2v) is 6.74. The lowest BCUT2D eigenvalue weighted by Gasteiger charge is -2.30. The molecule has 22 heavy (non-hydrogen) atoms. The average Bonchev–Trinajstić information content (AvgIpc) is 2.49. The van der Waals surface area contributed by atoms with Crippen LogP contribution in [-0.2, 0) is 14.3 Å². The molecule has 0 aliphatic heterocycles. The van der Waals surface area contributed by atoms with Gasteiger partial charge in [0.15, 0.2) is 0 Å². The van der Waals surface area contributed by atoms with Crippen LogP contribution < -0.4 is 10.6 Å². The van der Waals surface area contributed by atoms with Crippen LogP contribution in [-0.4, -0.2) is 38.1 Å². The summed E-state index contributed by atoms with van der Waals surface area (Å²) in [5, 5.41) is 5.86. The van der Waals surface area contributed by atoms with E-state index in [0.717, 1.165) is 25.7 Å². The summed E-state index contributed by atoms with van der Waals surface area (Å²) in [5.74, 6) is 0.480. The summed E-state index contributed by atoms with van der Waals surface area (Å²) < 4.78 is 4.97. The molecule has 1 rings (SSSR count). The number of nitrogens with one attached hydrogen (secondary N) is 2. The van der Waals surface area contributed by atoms with Crippen molar-refractivity contribution in [2.45, 2.75) is 58.9 Å². The summed E-state index contributed by atoms with van der Waals surface area (Å²) in [6, 6.07) is -0.454. The van der Waals surface area contributed by atoms with Crippen molar-refractivity contribution in [3.8, 4) is 0 Å². The molecule has 3 atom stereocenters. The third-order valence-corrected chi connectivity index (χ3v) is 4.52. The van der Waals surface area contributed by atoms with E-state index in [4.69, 9.17) is 4.74 Å². The summed E-state index contributed by atoms with van der Waals surface area (Å²) in [4.78, 5) is 24.8. The highest BCUT2D eigenvalue weighted by atomic mass is 16.5. The van der Waals surface area contributed by atoms with Crippen LogP contribution in [0, 0.1) is 17.8 Å². The van der Waals surface area contributed by atoms with Gasteiger partial charge in [-0.15, -0.1) is 0 Å². The van der Waals surface area contributed by atoms with Crippen molar-refractivity contribution in [1.82, 2.24) is 10.6 Å². The molecule has 0 bridgehead atoms. The van der Waals surface area contributed by atoms with Crippen LogP contribution in [0.3, 0.4) is 0 Å². The molecule has 1 aliphatic rings. The van der Waals surface area contributed by atoms with Gasteiger partial charge in [0.05, 0.1) is 0 Å². The molecule has 0 saturated heterocycles. The molecular formula is C17H32N2O3. The topological polar surface area (TPSA) is 67.4 Å². The summed E-state index contributed by atoms with van der Waals surface area (Å²) in [5.41, 5.74) is 0. The van der Waals surface area contributed by atoms with Gasteiger partial charge in [-0.25, -0.2) is 0 Å². The monoisotopic (exact) mass is 312 g/mol. The zero-order chi connectivity index (χ0) is 16.5. The maximum Gasteiger partial charge on any atom is 0.242 e. The number of ether oxygens (including phenoxy) is 1. The first-order chi connectivity index (χ1) is 10.5. The first kappa shape index (κ1) is 18.9. The molecule has 0 unspecified atom stereocenters. The molecule has 1 fully saturated rings. The molecule has 0 heterocycles. The van der Waals surface area contributed by atoms with Gasteiger partial charge in [-0.05, 0) is 31.1 Å². The zero-order valence-electron chi connectivity index (χ0n) is 14.5. The normalized spacial score (nSPS) is 23.1. The van der Waals surface area contributed by atoms with Crippen LogP contribution in [0.1, 0.15) is 52.9 Å². The van der Waals surface area contributed by atoms with E-state index in [1.807, 2.05) is 13.8 Å². The number of carbonyl (C=O) groups excluding carboxylic acids is 2. The number of methoxy groups -OCH3 is 1. The lowest BCUT2D eigenvalue weighted by Crippen LogP contribution is -2.52. The molecular weight excluding hydrogens is 280 g/mol. The predicted octanol–water partition coefficient (Wildman–Crippen LogP) is 2.11. The van der Waals surface area contributed by atoms with Crippen molar-refractivity contribution in [3.05, 3.63) is 0 Å². The van der Waals surface area contributed by atoms with Crippen molar-refractivity contribution in [3.63, 3.8) is 0 Å². The van der Waals surface area contributed by atoms with Crippen LogP contribution in [0.5, 0.6) is 0 Å². The summed E-state index contributed by atoms with van der Waals surface area (Å²) >= 11 is 0. The van der Waals surface area contributed by atoms with Crippen LogP contribution >= 0.6 is 0 Å². The molecule has 0 aromatic rings. The smallest absolute Gasteiger partial charge is 0.242 e. The van der Waals surface area contributed by atoms with Crippen LogP contribution in [0.15, 0.2) is 0 Å². The fourth-order valence-electron chi connectivity index (χ4n) is 3.04. The maximum atomic E-state index is 12.5. The van der Waals surface area contributed by atoms with Gasteiger partial charge in [0.25, 0.3) is 0 Å². The van der Waals surface area contributed by atoms with Crippen molar-refractivity contribution < 1.29 is 14.3 Å². The molecule has 1 saturated carbocycles. The minimum atomic E-state index is -0.454. The summed E-state index contributed by atoms with van der Waals surface area (Å²) in [7, 11) is 1.64. The Morgan fingerprint density at radius 1 is 1.23 bits per heavy atom. The Labute approximate surface area is 134 Å². The molecule has 2 amide bonds. The van der Waals surface area contributed by atoms with Crippen molar-refractivity contribution in [2.75, 3.05) is 20.3 Å². The molecule has 0 aromatic carbocycles. The highest BCUT2D eigenvalue weighted by molar-refractivity contribution is 5.88.